The lowest BCUT2D eigenvalue weighted by molar-refractivity contribution is -0.402. The fourth-order valence-corrected chi connectivity index (χ4v) is 2.97. The molecule has 0 bridgehead atoms. The molecule has 4 rings (SSSR count). The minimum absolute atomic E-state index is 0.155. The number of carbonyl (C=O) groups is 1. The van der Waals surface area contributed by atoms with Crippen LogP contribution in [0.15, 0.2) is 61.8 Å². The number of amides is 1. The van der Waals surface area contributed by atoms with Gasteiger partial charge < -0.3 is 14.2 Å². The highest BCUT2D eigenvalue weighted by atomic mass is 79.9. The molecule has 1 amide bonds. The van der Waals surface area contributed by atoms with Crippen LogP contribution in [0.25, 0.3) is 22.6 Å². The van der Waals surface area contributed by atoms with E-state index in [1.165, 1.54) is 6.07 Å². The predicted molar refractivity (Wildman–Crippen MR) is 105 cm³/mol. The first-order valence-corrected chi connectivity index (χ1v) is 8.93. The number of halogens is 1. The van der Waals surface area contributed by atoms with Crippen LogP contribution in [0.4, 0.5) is 11.6 Å². The summed E-state index contributed by atoms with van der Waals surface area (Å²) in [5.41, 5.74) is 3.51. The zero-order chi connectivity index (χ0) is 19.8. The van der Waals surface area contributed by atoms with E-state index in [4.69, 9.17) is 8.83 Å². The summed E-state index contributed by atoms with van der Waals surface area (Å²) in [7, 11) is 0. The van der Waals surface area contributed by atoms with Crippen LogP contribution < -0.4 is 5.32 Å². The predicted octanol–water partition coefficient (Wildman–Crippen LogP) is 5.32. The van der Waals surface area contributed by atoms with Crippen LogP contribution in [0.1, 0.15) is 16.1 Å². The number of nitrogens with zero attached hydrogens (tertiary/aromatic N) is 2. The molecule has 0 aliphatic heterocycles. The number of hydrogen-bond acceptors (Lipinski definition) is 6. The molecule has 0 atom stereocenters. The van der Waals surface area contributed by atoms with Gasteiger partial charge in [0.15, 0.2) is 11.3 Å². The van der Waals surface area contributed by atoms with Crippen molar-refractivity contribution < 1.29 is 18.6 Å². The fraction of sp³-hybridized carbons (Fsp3) is 0.0526. The van der Waals surface area contributed by atoms with Crippen molar-refractivity contribution in [2.24, 2.45) is 0 Å². The molecule has 8 nitrogen and oxygen atoms in total. The van der Waals surface area contributed by atoms with Gasteiger partial charge in [0, 0.05) is 15.7 Å². The van der Waals surface area contributed by atoms with Gasteiger partial charge in [0.05, 0.1) is 6.07 Å². The molecule has 28 heavy (non-hydrogen) atoms. The lowest BCUT2D eigenvalue weighted by atomic mass is 10.1. The zero-order valence-electron chi connectivity index (χ0n) is 14.4. The second-order valence-corrected chi connectivity index (χ2v) is 6.87. The van der Waals surface area contributed by atoms with Gasteiger partial charge in [-0.05, 0) is 48.9 Å². The number of furan rings is 1. The largest absolute Gasteiger partial charge is 0.436 e. The highest BCUT2D eigenvalue weighted by Gasteiger charge is 2.18. The molecule has 0 unspecified atom stereocenters. The van der Waals surface area contributed by atoms with Crippen LogP contribution in [0, 0.1) is 17.0 Å². The van der Waals surface area contributed by atoms with E-state index in [0.29, 0.717) is 22.7 Å². The third-order valence-corrected chi connectivity index (χ3v) is 4.91. The number of oxazole rings is 1. The number of nitrogens with one attached hydrogen (secondary N) is 1. The minimum atomic E-state index is -0.705. The van der Waals surface area contributed by atoms with Gasteiger partial charge in [-0.2, -0.15) is 0 Å². The normalized spacial score (nSPS) is 10.9. The number of carbonyl (C=O) groups excluding carboxylic acids is 1. The first-order valence-electron chi connectivity index (χ1n) is 8.13. The SMILES string of the molecule is Cc1ccc(-c2nc3cc(NC(=O)c4ccc([N+](=O)[O-])o4)ccc3o2)cc1Br. The van der Waals surface area contributed by atoms with Crippen molar-refractivity contribution in [1.82, 2.24) is 4.98 Å². The van der Waals surface area contributed by atoms with Crippen molar-refractivity contribution in [2.75, 3.05) is 5.32 Å². The number of anilines is 1. The van der Waals surface area contributed by atoms with Crippen molar-refractivity contribution in [3.05, 3.63) is 74.4 Å². The average Bonchev–Trinajstić information content (AvgIpc) is 3.30. The molecule has 0 fully saturated rings. The van der Waals surface area contributed by atoms with Crippen LogP contribution in [0.2, 0.25) is 0 Å². The molecule has 0 spiro atoms. The standard InChI is InChI=1S/C19H12BrN3O5/c1-10-2-3-11(8-13(10)20)19-22-14-9-12(4-5-15(14)28-19)21-18(24)16-6-7-17(27-16)23(25)26/h2-9H,1H3,(H,21,24). The monoisotopic (exact) mass is 441 g/mol. The summed E-state index contributed by atoms with van der Waals surface area (Å²) < 4.78 is 11.6. The highest BCUT2D eigenvalue weighted by Crippen LogP contribution is 2.29. The van der Waals surface area contributed by atoms with Crippen molar-refractivity contribution in [2.45, 2.75) is 6.92 Å². The molecule has 9 heteroatoms. The minimum Gasteiger partial charge on any atom is -0.436 e. The molecule has 140 valence electrons. The third kappa shape index (κ3) is 3.39. The summed E-state index contributed by atoms with van der Waals surface area (Å²) in [6, 6.07) is 13.2. The lowest BCUT2D eigenvalue weighted by Crippen LogP contribution is -2.10. The fourth-order valence-electron chi connectivity index (χ4n) is 2.60. The van der Waals surface area contributed by atoms with Crippen molar-refractivity contribution in [3.63, 3.8) is 0 Å². The van der Waals surface area contributed by atoms with E-state index < -0.39 is 16.7 Å². The summed E-state index contributed by atoms with van der Waals surface area (Å²) in [5, 5.41) is 13.3. The molecule has 2 aromatic heterocycles. The van der Waals surface area contributed by atoms with Gasteiger partial charge in [0.1, 0.15) is 10.4 Å². The van der Waals surface area contributed by atoms with Gasteiger partial charge in [0.25, 0.3) is 5.91 Å². The van der Waals surface area contributed by atoms with Gasteiger partial charge in [-0.3, -0.25) is 14.9 Å². The topological polar surface area (TPSA) is 111 Å². The van der Waals surface area contributed by atoms with Gasteiger partial charge in [-0.15, -0.1) is 0 Å². The van der Waals surface area contributed by atoms with E-state index >= 15 is 0 Å². The highest BCUT2D eigenvalue weighted by molar-refractivity contribution is 9.10. The van der Waals surface area contributed by atoms with Crippen LogP contribution in [0.5, 0.6) is 0 Å². The summed E-state index contributed by atoms with van der Waals surface area (Å²) in [6.07, 6.45) is 0. The molecular formula is C19H12BrN3O5. The molecule has 1 N–H and O–H groups in total. The number of nitro groups is 1. The molecule has 0 radical (unpaired) electrons. The molecule has 4 aromatic rings. The number of rotatable bonds is 4. The van der Waals surface area contributed by atoms with Crippen LogP contribution in [-0.4, -0.2) is 15.8 Å². The van der Waals surface area contributed by atoms with Crippen LogP contribution in [0.3, 0.4) is 0 Å². The maximum absolute atomic E-state index is 12.2. The first kappa shape index (κ1) is 17.9. The zero-order valence-corrected chi connectivity index (χ0v) is 16.0. The quantitative estimate of drug-likeness (QED) is 0.338. The Morgan fingerprint density at radius 1 is 1.14 bits per heavy atom. The third-order valence-electron chi connectivity index (χ3n) is 4.06. The van der Waals surface area contributed by atoms with E-state index in [2.05, 4.69) is 26.2 Å². The molecule has 0 aliphatic carbocycles. The molecular weight excluding hydrogens is 430 g/mol. The maximum atomic E-state index is 12.2. The van der Waals surface area contributed by atoms with Crippen molar-refractivity contribution >= 4 is 44.5 Å². The van der Waals surface area contributed by atoms with Crippen molar-refractivity contribution in [1.29, 1.82) is 0 Å². The average molecular weight is 442 g/mol. The van der Waals surface area contributed by atoms with E-state index in [9.17, 15) is 14.9 Å². The van der Waals surface area contributed by atoms with E-state index in [1.54, 1.807) is 18.2 Å². The van der Waals surface area contributed by atoms with Gasteiger partial charge in [0.2, 0.25) is 5.89 Å². The summed E-state index contributed by atoms with van der Waals surface area (Å²) in [6.45, 7) is 1.99. The summed E-state index contributed by atoms with van der Waals surface area (Å²) in [4.78, 5) is 26.6. The number of aromatic nitrogens is 1. The van der Waals surface area contributed by atoms with E-state index in [0.717, 1.165) is 21.7 Å². The second-order valence-electron chi connectivity index (χ2n) is 6.01. The smallest absolute Gasteiger partial charge is 0.433 e. The van der Waals surface area contributed by atoms with E-state index in [-0.39, 0.29) is 5.76 Å². The van der Waals surface area contributed by atoms with Gasteiger partial charge in [-0.25, -0.2) is 4.98 Å². The maximum Gasteiger partial charge on any atom is 0.433 e. The Hall–Kier alpha value is -3.46. The summed E-state index contributed by atoms with van der Waals surface area (Å²) in [5.74, 6) is -0.789. The number of aryl methyl sites for hydroxylation is 1. The van der Waals surface area contributed by atoms with Gasteiger partial charge in [-0.1, -0.05) is 22.0 Å². The Balaban J connectivity index is 1.59. The number of fused-ring (bicyclic) bond motifs is 1. The number of benzene rings is 2. The molecule has 0 saturated carbocycles. The van der Waals surface area contributed by atoms with E-state index in [1.807, 2.05) is 25.1 Å². The van der Waals surface area contributed by atoms with Gasteiger partial charge >= 0.3 is 5.88 Å². The Morgan fingerprint density at radius 2 is 1.96 bits per heavy atom. The van der Waals surface area contributed by atoms with Crippen LogP contribution >= 0.6 is 15.9 Å². The molecule has 0 saturated heterocycles. The number of hydrogen-bond donors (Lipinski definition) is 1. The molecule has 2 aromatic carbocycles. The Morgan fingerprint density at radius 3 is 2.68 bits per heavy atom. The summed E-state index contributed by atoms with van der Waals surface area (Å²) >= 11 is 3.49. The molecule has 0 aliphatic rings. The lowest BCUT2D eigenvalue weighted by Gasteiger charge is -2.01. The Kier molecular flexibility index (Phi) is 4.44. The molecule has 2 heterocycles. The Bertz CT molecular complexity index is 1230. The van der Waals surface area contributed by atoms with Crippen LogP contribution in [-0.2, 0) is 0 Å². The first-order chi connectivity index (χ1) is 13.4. The van der Waals surface area contributed by atoms with Crippen molar-refractivity contribution in [3.8, 4) is 11.5 Å². The Labute approximate surface area is 166 Å². The second kappa shape index (κ2) is 6.93.